The second-order valence-electron chi connectivity index (χ2n) is 7.67. The summed E-state index contributed by atoms with van der Waals surface area (Å²) in [6, 6.07) is 7.55. The molecule has 1 aliphatic rings. The highest BCUT2D eigenvalue weighted by Crippen LogP contribution is 2.36. The topological polar surface area (TPSA) is 88.4 Å². The number of ether oxygens (including phenoxy) is 1. The minimum absolute atomic E-state index is 0.0768. The molecule has 1 amide bonds. The predicted octanol–water partition coefficient (Wildman–Crippen LogP) is 2.01. The lowest BCUT2D eigenvalue weighted by Crippen LogP contribution is -2.34. The van der Waals surface area contributed by atoms with Crippen molar-refractivity contribution in [2.75, 3.05) is 13.7 Å². The average molecular weight is 343 g/mol. The van der Waals surface area contributed by atoms with E-state index in [1.807, 2.05) is 24.3 Å². The number of carbonyl (C=O) groups is 1. The molecule has 1 aromatic heterocycles. The Morgan fingerprint density at radius 3 is 2.84 bits per heavy atom. The Morgan fingerprint density at radius 2 is 2.16 bits per heavy atom. The fourth-order valence-corrected chi connectivity index (χ4v) is 3.82. The molecule has 134 valence electrons. The van der Waals surface area contributed by atoms with Gasteiger partial charge in [0.1, 0.15) is 5.75 Å². The van der Waals surface area contributed by atoms with Crippen molar-refractivity contribution in [3.63, 3.8) is 0 Å². The van der Waals surface area contributed by atoms with E-state index in [-0.39, 0.29) is 22.9 Å². The number of likely N-dealkylation sites (tertiary alicyclic amines) is 1. The molecule has 6 heteroatoms. The summed E-state index contributed by atoms with van der Waals surface area (Å²) in [6.45, 7) is 5.69. The molecule has 1 fully saturated rings. The molecule has 0 radical (unpaired) electrons. The first-order chi connectivity index (χ1) is 11.8. The molecule has 6 nitrogen and oxygen atoms in total. The summed E-state index contributed by atoms with van der Waals surface area (Å²) in [7, 11) is 1.62. The molecule has 0 bridgehead atoms. The van der Waals surface area contributed by atoms with Crippen LogP contribution in [0.25, 0.3) is 10.9 Å². The van der Waals surface area contributed by atoms with Crippen molar-refractivity contribution >= 4 is 16.8 Å². The van der Waals surface area contributed by atoms with Gasteiger partial charge in [0.15, 0.2) is 0 Å². The number of nitrogens with two attached hydrogens (primary N) is 1. The van der Waals surface area contributed by atoms with Gasteiger partial charge in [-0.1, -0.05) is 13.8 Å². The molecule has 2 aromatic rings. The van der Waals surface area contributed by atoms with Gasteiger partial charge in [0.2, 0.25) is 5.91 Å². The van der Waals surface area contributed by atoms with Crippen molar-refractivity contribution in [2.45, 2.75) is 39.3 Å². The standard InChI is InChI=1S/C19H25N3O3/c1-19(2)9-14(8-17(20)23)22(11-19)10-13-6-12-7-15(25-3)4-5-16(12)21-18(13)24/h4-7,14H,8-11H2,1-3H3,(H2,20,23)(H,21,24). The summed E-state index contributed by atoms with van der Waals surface area (Å²) < 4.78 is 5.26. The Labute approximate surface area is 147 Å². The van der Waals surface area contributed by atoms with Crippen molar-refractivity contribution in [3.8, 4) is 5.75 Å². The SMILES string of the molecule is COc1ccc2[nH]c(=O)c(CN3CC(C)(C)CC3CC(N)=O)cc2c1. The maximum atomic E-state index is 12.5. The fourth-order valence-electron chi connectivity index (χ4n) is 3.82. The molecule has 0 aliphatic carbocycles. The second kappa shape index (κ2) is 6.52. The monoisotopic (exact) mass is 343 g/mol. The Morgan fingerprint density at radius 1 is 1.40 bits per heavy atom. The van der Waals surface area contributed by atoms with Crippen LogP contribution in [-0.2, 0) is 11.3 Å². The van der Waals surface area contributed by atoms with E-state index < -0.39 is 0 Å². The van der Waals surface area contributed by atoms with Gasteiger partial charge in [-0.05, 0) is 36.1 Å². The number of primary amides is 1. The van der Waals surface area contributed by atoms with Crippen molar-refractivity contribution in [1.29, 1.82) is 0 Å². The highest BCUT2D eigenvalue weighted by Gasteiger charge is 2.38. The number of hydrogen-bond donors (Lipinski definition) is 2. The largest absolute Gasteiger partial charge is 0.497 e. The van der Waals surface area contributed by atoms with Gasteiger partial charge in [0.05, 0.1) is 7.11 Å². The number of carbonyl (C=O) groups excluding carboxylic acids is 1. The number of nitrogens with zero attached hydrogens (tertiary/aromatic N) is 1. The second-order valence-corrected chi connectivity index (χ2v) is 7.67. The molecule has 3 rings (SSSR count). The molecule has 1 unspecified atom stereocenters. The molecular formula is C19H25N3O3. The van der Waals surface area contributed by atoms with Crippen LogP contribution < -0.4 is 16.0 Å². The summed E-state index contributed by atoms with van der Waals surface area (Å²) in [5.74, 6) is 0.448. The summed E-state index contributed by atoms with van der Waals surface area (Å²) in [5.41, 5.74) is 6.88. The molecular weight excluding hydrogens is 318 g/mol. The van der Waals surface area contributed by atoms with E-state index in [1.54, 1.807) is 7.11 Å². The molecule has 3 N–H and O–H groups in total. The van der Waals surface area contributed by atoms with Crippen molar-refractivity contribution in [3.05, 3.63) is 40.2 Å². The Balaban J connectivity index is 1.91. The fraction of sp³-hybridized carbons (Fsp3) is 0.474. The van der Waals surface area contributed by atoms with Gasteiger partial charge in [-0.15, -0.1) is 0 Å². The zero-order valence-corrected chi connectivity index (χ0v) is 15.0. The lowest BCUT2D eigenvalue weighted by Gasteiger charge is -2.23. The number of H-pyrrole nitrogens is 1. The van der Waals surface area contributed by atoms with Gasteiger partial charge in [0, 0.05) is 42.0 Å². The summed E-state index contributed by atoms with van der Waals surface area (Å²) in [6.07, 6.45) is 1.22. The summed E-state index contributed by atoms with van der Waals surface area (Å²) in [5, 5.41) is 0.929. The zero-order chi connectivity index (χ0) is 18.2. The van der Waals surface area contributed by atoms with Crippen LogP contribution in [0.15, 0.2) is 29.1 Å². The van der Waals surface area contributed by atoms with E-state index in [9.17, 15) is 9.59 Å². The van der Waals surface area contributed by atoms with E-state index >= 15 is 0 Å². The van der Waals surface area contributed by atoms with Crippen molar-refractivity contribution in [1.82, 2.24) is 9.88 Å². The third-order valence-corrected chi connectivity index (χ3v) is 4.87. The minimum atomic E-state index is -0.301. The van der Waals surface area contributed by atoms with Crippen LogP contribution in [0.1, 0.15) is 32.3 Å². The summed E-state index contributed by atoms with van der Waals surface area (Å²) >= 11 is 0. The number of aromatic nitrogens is 1. The molecule has 0 spiro atoms. The van der Waals surface area contributed by atoms with Crippen LogP contribution in [0.3, 0.4) is 0 Å². The van der Waals surface area contributed by atoms with Gasteiger partial charge in [-0.2, -0.15) is 0 Å². The first-order valence-electron chi connectivity index (χ1n) is 8.50. The van der Waals surface area contributed by atoms with Crippen LogP contribution in [0, 0.1) is 5.41 Å². The van der Waals surface area contributed by atoms with E-state index in [2.05, 4.69) is 23.7 Å². The Hall–Kier alpha value is -2.34. The first-order valence-corrected chi connectivity index (χ1v) is 8.50. The number of aromatic amines is 1. The van der Waals surface area contributed by atoms with Gasteiger partial charge in [-0.25, -0.2) is 0 Å². The number of hydrogen-bond acceptors (Lipinski definition) is 4. The lowest BCUT2D eigenvalue weighted by atomic mass is 9.90. The number of fused-ring (bicyclic) bond motifs is 1. The smallest absolute Gasteiger partial charge is 0.252 e. The van der Waals surface area contributed by atoms with E-state index in [0.29, 0.717) is 18.5 Å². The predicted molar refractivity (Wildman–Crippen MR) is 97.5 cm³/mol. The molecule has 2 heterocycles. The average Bonchev–Trinajstić information content (AvgIpc) is 2.80. The zero-order valence-electron chi connectivity index (χ0n) is 15.0. The molecule has 1 atom stereocenters. The number of nitrogens with one attached hydrogen (secondary N) is 1. The molecule has 1 saturated heterocycles. The lowest BCUT2D eigenvalue weighted by molar-refractivity contribution is -0.119. The quantitative estimate of drug-likeness (QED) is 0.869. The third kappa shape index (κ3) is 3.85. The van der Waals surface area contributed by atoms with E-state index in [1.165, 1.54) is 0 Å². The molecule has 25 heavy (non-hydrogen) atoms. The normalized spacial score (nSPS) is 20.0. The van der Waals surface area contributed by atoms with Crippen LogP contribution in [0.5, 0.6) is 5.75 Å². The van der Waals surface area contributed by atoms with Crippen LogP contribution in [-0.4, -0.2) is 35.5 Å². The van der Waals surface area contributed by atoms with Crippen LogP contribution in [0.2, 0.25) is 0 Å². The van der Waals surface area contributed by atoms with E-state index in [4.69, 9.17) is 10.5 Å². The van der Waals surface area contributed by atoms with Crippen LogP contribution >= 0.6 is 0 Å². The molecule has 1 aliphatic heterocycles. The molecule has 1 aromatic carbocycles. The van der Waals surface area contributed by atoms with Crippen LogP contribution in [0.4, 0.5) is 0 Å². The number of amides is 1. The maximum Gasteiger partial charge on any atom is 0.252 e. The van der Waals surface area contributed by atoms with E-state index in [0.717, 1.165) is 29.6 Å². The first kappa shape index (κ1) is 17.5. The highest BCUT2D eigenvalue weighted by atomic mass is 16.5. The summed E-state index contributed by atoms with van der Waals surface area (Å²) in [4.78, 5) is 29.0. The third-order valence-electron chi connectivity index (χ3n) is 4.87. The maximum absolute atomic E-state index is 12.5. The Bertz CT molecular complexity index is 857. The number of pyridine rings is 1. The van der Waals surface area contributed by atoms with Crippen molar-refractivity contribution in [2.24, 2.45) is 11.1 Å². The Kier molecular flexibility index (Phi) is 4.56. The number of methoxy groups -OCH3 is 1. The van der Waals surface area contributed by atoms with Gasteiger partial charge < -0.3 is 15.5 Å². The highest BCUT2D eigenvalue weighted by molar-refractivity contribution is 5.80. The number of rotatable bonds is 5. The molecule has 0 saturated carbocycles. The van der Waals surface area contributed by atoms with Gasteiger partial charge in [0.25, 0.3) is 5.56 Å². The number of benzene rings is 1. The van der Waals surface area contributed by atoms with Crippen molar-refractivity contribution < 1.29 is 9.53 Å². The minimum Gasteiger partial charge on any atom is -0.497 e. The van der Waals surface area contributed by atoms with Gasteiger partial charge >= 0.3 is 0 Å². The van der Waals surface area contributed by atoms with Gasteiger partial charge in [-0.3, -0.25) is 14.5 Å².